The van der Waals surface area contributed by atoms with Crippen LogP contribution in [0, 0.1) is 0 Å². The monoisotopic (exact) mass is 378 g/mol. The van der Waals surface area contributed by atoms with Gasteiger partial charge in [-0.05, 0) is 44.2 Å². The first kappa shape index (κ1) is 17.6. The van der Waals surface area contributed by atoms with E-state index in [-0.39, 0.29) is 11.8 Å². The van der Waals surface area contributed by atoms with Crippen LogP contribution in [0.1, 0.15) is 13.8 Å². The molecule has 1 heterocycles. The molecule has 0 bridgehead atoms. The number of hydrogen-bond acceptors (Lipinski definition) is 3. The number of benzene rings is 2. The first-order valence-corrected chi connectivity index (χ1v) is 8.48. The molecule has 0 aliphatic carbocycles. The second kappa shape index (κ2) is 6.94. The maximum Gasteiger partial charge on any atom is 0.268 e. The second-order valence-corrected chi connectivity index (χ2v) is 6.63. The molecule has 2 aromatic rings. The molecule has 1 aliphatic rings. The summed E-state index contributed by atoms with van der Waals surface area (Å²) in [7, 11) is 0. The van der Waals surface area contributed by atoms with Gasteiger partial charge in [-0.2, -0.15) is 0 Å². The molecule has 0 fully saturated rings. The Morgan fingerprint density at radius 2 is 1.84 bits per heavy atom. The fraction of sp³-hybridized carbons (Fsp3) is 0.222. The van der Waals surface area contributed by atoms with Gasteiger partial charge >= 0.3 is 0 Å². The van der Waals surface area contributed by atoms with Crippen LogP contribution in [0.4, 0.5) is 11.4 Å². The zero-order chi connectivity index (χ0) is 18.1. The molecule has 1 N–H and O–H groups in total. The molecule has 0 aromatic heterocycles. The van der Waals surface area contributed by atoms with Crippen LogP contribution in [0.2, 0.25) is 10.0 Å². The number of carbonyl (C=O) groups is 2. The molecule has 2 aromatic carbocycles. The smallest absolute Gasteiger partial charge is 0.268 e. The number of fused-ring (bicyclic) bond motifs is 1. The van der Waals surface area contributed by atoms with Crippen molar-refractivity contribution in [3.63, 3.8) is 0 Å². The Morgan fingerprint density at radius 1 is 1.20 bits per heavy atom. The minimum atomic E-state index is -0.738. The summed E-state index contributed by atoms with van der Waals surface area (Å²) in [6.07, 6.45) is -0.661. The minimum absolute atomic E-state index is 0.273. The third kappa shape index (κ3) is 3.57. The van der Waals surface area contributed by atoms with Crippen molar-refractivity contribution in [3.05, 3.63) is 52.5 Å². The molecular weight excluding hydrogens is 363 g/mol. The topological polar surface area (TPSA) is 58.6 Å². The maximum absolute atomic E-state index is 12.7. The van der Waals surface area contributed by atoms with Gasteiger partial charge in [0.25, 0.3) is 5.91 Å². The van der Waals surface area contributed by atoms with Gasteiger partial charge in [-0.15, -0.1) is 0 Å². The van der Waals surface area contributed by atoms with E-state index >= 15 is 0 Å². The maximum atomic E-state index is 12.7. The third-order valence-corrected chi connectivity index (χ3v) is 4.35. The summed E-state index contributed by atoms with van der Waals surface area (Å²) in [5.74, 6) is -0.0545. The molecule has 25 heavy (non-hydrogen) atoms. The Balaban J connectivity index is 1.87. The SMILES string of the molecule is CC1Oc2ccccc2N(C(C)C(=O)Nc2cc(Cl)cc(Cl)c2)C1=O. The van der Waals surface area contributed by atoms with Crippen molar-refractivity contribution < 1.29 is 14.3 Å². The van der Waals surface area contributed by atoms with Gasteiger partial charge < -0.3 is 10.1 Å². The van der Waals surface area contributed by atoms with Crippen molar-refractivity contribution in [2.24, 2.45) is 0 Å². The average Bonchev–Trinajstić information content (AvgIpc) is 2.54. The number of rotatable bonds is 3. The minimum Gasteiger partial charge on any atom is -0.479 e. The summed E-state index contributed by atoms with van der Waals surface area (Å²) >= 11 is 11.9. The molecule has 5 nitrogen and oxygen atoms in total. The van der Waals surface area contributed by atoms with Crippen molar-refractivity contribution in [1.29, 1.82) is 0 Å². The van der Waals surface area contributed by atoms with Crippen molar-refractivity contribution in [2.45, 2.75) is 26.0 Å². The van der Waals surface area contributed by atoms with Gasteiger partial charge in [-0.1, -0.05) is 35.3 Å². The number of anilines is 2. The summed E-state index contributed by atoms with van der Waals surface area (Å²) in [6, 6.07) is 11.2. The second-order valence-electron chi connectivity index (χ2n) is 5.76. The van der Waals surface area contributed by atoms with Crippen LogP contribution in [0.3, 0.4) is 0 Å². The molecule has 2 unspecified atom stereocenters. The third-order valence-electron chi connectivity index (χ3n) is 3.91. The molecule has 2 atom stereocenters. The Bertz CT molecular complexity index is 821. The van der Waals surface area contributed by atoms with Gasteiger partial charge in [-0.25, -0.2) is 0 Å². The highest BCUT2D eigenvalue weighted by atomic mass is 35.5. The van der Waals surface area contributed by atoms with Gasteiger partial charge in [0.1, 0.15) is 11.8 Å². The molecule has 7 heteroatoms. The van der Waals surface area contributed by atoms with E-state index in [1.165, 1.54) is 4.90 Å². The number of nitrogens with zero attached hydrogens (tertiary/aromatic N) is 1. The molecule has 1 aliphatic heterocycles. The van der Waals surface area contributed by atoms with E-state index in [0.29, 0.717) is 27.2 Å². The van der Waals surface area contributed by atoms with Crippen molar-refractivity contribution in [2.75, 3.05) is 10.2 Å². The van der Waals surface area contributed by atoms with Crippen LogP contribution in [-0.4, -0.2) is 24.0 Å². The number of para-hydroxylation sites is 2. The highest BCUT2D eigenvalue weighted by Crippen LogP contribution is 2.35. The lowest BCUT2D eigenvalue weighted by Crippen LogP contribution is -2.52. The van der Waals surface area contributed by atoms with Crippen LogP contribution in [0.5, 0.6) is 5.75 Å². The molecule has 0 spiro atoms. The molecule has 2 amide bonds. The highest BCUT2D eigenvalue weighted by Gasteiger charge is 2.36. The number of amides is 2. The number of halogens is 2. The number of nitrogens with one attached hydrogen (secondary N) is 1. The molecule has 0 radical (unpaired) electrons. The summed E-state index contributed by atoms with van der Waals surface area (Å²) in [6.45, 7) is 3.32. The van der Waals surface area contributed by atoms with Crippen LogP contribution < -0.4 is 15.0 Å². The molecular formula is C18H16Cl2N2O3. The zero-order valence-electron chi connectivity index (χ0n) is 13.6. The van der Waals surface area contributed by atoms with E-state index in [4.69, 9.17) is 27.9 Å². The number of ether oxygens (including phenoxy) is 1. The average molecular weight is 379 g/mol. The van der Waals surface area contributed by atoms with Crippen molar-refractivity contribution in [1.82, 2.24) is 0 Å². The summed E-state index contributed by atoms with van der Waals surface area (Å²) in [5.41, 5.74) is 1.04. The number of carbonyl (C=O) groups excluding carboxylic acids is 2. The lowest BCUT2D eigenvalue weighted by atomic mass is 10.1. The van der Waals surface area contributed by atoms with Gasteiger partial charge in [0.15, 0.2) is 6.10 Å². The fourth-order valence-electron chi connectivity index (χ4n) is 2.70. The van der Waals surface area contributed by atoms with Crippen LogP contribution >= 0.6 is 23.2 Å². The normalized spacial score (nSPS) is 17.5. The van der Waals surface area contributed by atoms with Gasteiger partial charge in [0.2, 0.25) is 5.91 Å². The Morgan fingerprint density at radius 3 is 2.52 bits per heavy atom. The predicted molar refractivity (Wildman–Crippen MR) is 98.6 cm³/mol. The van der Waals surface area contributed by atoms with E-state index in [1.807, 2.05) is 6.07 Å². The van der Waals surface area contributed by atoms with Crippen molar-refractivity contribution in [3.8, 4) is 5.75 Å². The fourth-order valence-corrected chi connectivity index (χ4v) is 3.23. The van der Waals surface area contributed by atoms with Gasteiger partial charge in [0.05, 0.1) is 5.69 Å². The lowest BCUT2D eigenvalue weighted by Gasteiger charge is -2.36. The Labute approximate surface area is 155 Å². The quantitative estimate of drug-likeness (QED) is 0.872. The molecule has 3 rings (SSSR count). The first-order valence-electron chi connectivity index (χ1n) is 7.72. The summed E-state index contributed by atoms with van der Waals surface area (Å²) in [4.78, 5) is 26.7. The Kier molecular flexibility index (Phi) is 4.88. The van der Waals surface area contributed by atoms with E-state index in [2.05, 4.69) is 5.32 Å². The largest absolute Gasteiger partial charge is 0.479 e. The van der Waals surface area contributed by atoms with Gasteiger partial charge in [0, 0.05) is 15.7 Å². The van der Waals surface area contributed by atoms with Gasteiger partial charge in [-0.3, -0.25) is 14.5 Å². The molecule has 0 saturated carbocycles. The lowest BCUT2D eigenvalue weighted by molar-refractivity contribution is -0.128. The zero-order valence-corrected chi connectivity index (χ0v) is 15.1. The van der Waals surface area contributed by atoms with E-state index < -0.39 is 12.1 Å². The first-order chi connectivity index (χ1) is 11.9. The van der Waals surface area contributed by atoms with E-state index in [9.17, 15) is 9.59 Å². The van der Waals surface area contributed by atoms with Crippen molar-refractivity contribution >= 4 is 46.4 Å². The predicted octanol–water partition coefficient (Wildman–Crippen LogP) is 4.13. The van der Waals surface area contributed by atoms with Crippen LogP contribution in [-0.2, 0) is 9.59 Å². The van der Waals surface area contributed by atoms with Crippen LogP contribution in [0.15, 0.2) is 42.5 Å². The standard InChI is InChI=1S/C18H16Cl2N2O3/c1-10(17(23)21-14-8-12(19)7-13(20)9-14)22-15-5-3-4-6-16(15)25-11(2)18(22)24/h3-11H,1-2H3,(H,21,23). The summed E-state index contributed by atoms with van der Waals surface area (Å²) in [5, 5.41) is 3.57. The van der Waals surface area contributed by atoms with E-state index in [1.54, 1.807) is 50.2 Å². The molecule has 130 valence electrons. The Hall–Kier alpha value is -2.24. The van der Waals surface area contributed by atoms with Crippen LogP contribution in [0.25, 0.3) is 0 Å². The van der Waals surface area contributed by atoms with E-state index in [0.717, 1.165) is 0 Å². The highest BCUT2D eigenvalue weighted by molar-refractivity contribution is 6.35. The molecule has 0 saturated heterocycles. The summed E-state index contributed by atoms with van der Waals surface area (Å²) < 4.78 is 5.60. The number of hydrogen-bond donors (Lipinski definition) is 1.